The van der Waals surface area contributed by atoms with Crippen molar-refractivity contribution < 1.29 is 14.1 Å². The van der Waals surface area contributed by atoms with Crippen LogP contribution in [0.5, 0.6) is 0 Å². The van der Waals surface area contributed by atoms with Crippen LogP contribution in [0, 0.1) is 6.92 Å². The average molecular weight is 382 g/mol. The molecule has 0 saturated heterocycles. The molecule has 0 spiro atoms. The molecule has 3 aromatic rings. The summed E-state index contributed by atoms with van der Waals surface area (Å²) in [6, 6.07) is 17.3. The van der Waals surface area contributed by atoms with Crippen molar-refractivity contribution in [3.8, 4) is 22.4 Å². The largest absolute Gasteiger partial charge is 0.477 e. The molecule has 0 fully saturated rings. The SMILES string of the molecule is Cc1c(-c2ccccc2)[nH]c(C(=O)O)c1-c1ccc(CS(=O)N(C)C)cc1. The highest BCUT2D eigenvalue weighted by molar-refractivity contribution is 7.81. The number of carboxylic acid groups (broad SMARTS) is 1. The minimum atomic E-state index is -1.08. The fraction of sp³-hybridized carbons (Fsp3) is 0.190. The van der Waals surface area contributed by atoms with Crippen molar-refractivity contribution in [2.24, 2.45) is 0 Å². The topological polar surface area (TPSA) is 73.4 Å². The lowest BCUT2D eigenvalue weighted by Crippen LogP contribution is -2.16. The van der Waals surface area contributed by atoms with Crippen LogP contribution in [0.3, 0.4) is 0 Å². The monoisotopic (exact) mass is 382 g/mol. The third kappa shape index (κ3) is 4.02. The number of nitrogens with zero attached hydrogens (tertiary/aromatic N) is 1. The van der Waals surface area contributed by atoms with E-state index in [1.54, 1.807) is 18.4 Å². The van der Waals surface area contributed by atoms with Gasteiger partial charge in [0.2, 0.25) is 0 Å². The Kier molecular flexibility index (Phi) is 5.58. The van der Waals surface area contributed by atoms with E-state index in [1.807, 2.05) is 61.5 Å². The van der Waals surface area contributed by atoms with Crippen LogP contribution < -0.4 is 0 Å². The van der Waals surface area contributed by atoms with Crippen molar-refractivity contribution in [1.29, 1.82) is 0 Å². The molecule has 1 aromatic heterocycles. The van der Waals surface area contributed by atoms with Gasteiger partial charge in [-0.05, 0) is 43.3 Å². The van der Waals surface area contributed by atoms with Crippen molar-refractivity contribution >= 4 is 17.0 Å². The molecule has 0 bridgehead atoms. The molecule has 0 aliphatic carbocycles. The summed E-state index contributed by atoms with van der Waals surface area (Å²) < 4.78 is 13.6. The molecule has 1 unspecified atom stereocenters. The number of nitrogens with one attached hydrogen (secondary N) is 1. The summed E-state index contributed by atoms with van der Waals surface area (Å²) in [4.78, 5) is 14.9. The van der Waals surface area contributed by atoms with Gasteiger partial charge in [0.1, 0.15) is 5.69 Å². The first kappa shape index (κ1) is 19.1. The van der Waals surface area contributed by atoms with Crippen LogP contribution in [0.2, 0.25) is 0 Å². The zero-order chi connectivity index (χ0) is 19.6. The molecule has 2 N–H and O–H groups in total. The molecule has 5 nitrogen and oxygen atoms in total. The molecule has 0 radical (unpaired) electrons. The van der Waals surface area contributed by atoms with E-state index in [1.165, 1.54) is 0 Å². The number of hydrogen-bond acceptors (Lipinski definition) is 2. The Morgan fingerprint density at radius 3 is 2.22 bits per heavy atom. The van der Waals surface area contributed by atoms with E-state index in [9.17, 15) is 14.1 Å². The Hall–Kier alpha value is -2.70. The van der Waals surface area contributed by atoms with Gasteiger partial charge in [0.05, 0.1) is 16.7 Å². The summed E-state index contributed by atoms with van der Waals surface area (Å²) in [5, 5.41) is 9.67. The van der Waals surface area contributed by atoms with Gasteiger partial charge in [0.25, 0.3) is 0 Å². The van der Waals surface area contributed by atoms with E-state index in [0.29, 0.717) is 11.3 Å². The highest BCUT2D eigenvalue weighted by Crippen LogP contribution is 2.35. The summed E-state index contributed by atoms with van der Waals surface area (Å²) >= 11 is 0. The number of aromatic amines is 1. The summed E-state index contributed by atoms with van der Waals surface area (Å²) in [6.07, 6.45) is 0. The molecule has 6 heteroatoms. The molecule has 1 heterocycles. The Morgan fingerprint density at radius 2 is 1.67 bits per heavy atom. The number of aromatic carboxylic acids is 1. The van der Waals surface area contributed by atoms with Crippen LogP contribution in [-0.4, -0.2) is 38.7 Å². The van der Waals surface area contributed by atoms with Gasteiger partial charge >= 0.3 is 5.97 Å². The van der Waals surface area contributed by atoms with Crippen LogP contribution in [0.4, 0.5) is 0 Å². The summed E-state index contributed by atoms with van der Waals surface area (Å²) in [5.74, 6) is -0.562. The zero-order valence-electron chi connectivity index (χ0n) is 15.5. The fourth-order valence-corrected chi connectivity index (χ4v) is 3.78. The van der Waals surface area contributed by atoms with E-state index in [0.717, 1.165) is 27.9 Å². The lowest BCUT2D eigenvalue weighted by Gasteiger charge is -2.10. The van der Waals surface area contributed by atoms with Crippen molar-refractivity contribution in [3.63, 3.8) is 0 Å². The molecule has 0 amide bonds. The number of H-pyrrole nitrogens is 1. The third-order valence-electron chi connectivity index (χ3n) is 4.47. The Morgan fingerprint density at radius 1 is 1.04 bits per heavy atom. The number of hydrogen-bond donors (Lipinski definition) is 2. The van der Waals surface area contributed by atoms with Crippen molar-refractivity contribution in [2.75, 3.05) is 14.1 Å². The van der Waals surface area contributed by atoms with E-state index in [2.05, 4.69) is 4.98 Å². The summed E-state index contributed by atoms with van der Waals surface area (Å²) in [5.41, 5.74) is 5.27. The Labute approximate surface area is 161 Å². The summed E-state index contributed by atoms with van der Waals surface area (Å²) in [7, 11) is 2.47. The molecule has 27 heavy (non-hydrogen) atoms. The van der Waals surface area contributed by atoms with Crippen LogP contribution in [0.15, 0.2) is 54.6 Å². The van der Waals surface area contributed by atoms with Gasteiger partial charge in [0.15, 0.2) is 0 Å². The molecule has 1 atom stereocenters. The smallest absolute Gasteiger partial charge is 0.352 e. The van der Waals surface area contributed by atoms with Gasteiger partial charge in [-0.15, -0.1) is 0 Å². The van der Waals surface area contributed by atoms with Crippen LogP contribution in [0.25, 0.3) is 22.4 Å². The lowest BCUT2D eigenvalue weighted by molar-refractivity contribution is 0.0692. The highest BCUT2D eigenvalue weighted by atomic mass is 32.2. The van der Waals surface area contributed by atoms with Crippen LogP contribution in [0.1, 0.15) is 21.6 Å². The maximum absolute atomic E-state index is 12.0. The first-order valence-corrected chi connectivity index (χ1v) is 9.82. The zero-order valence-corrected chi connectivity index (χ0v) is 16.3. The van der Waals surface area contributed by atoms with Gasteiger partial charge in [0, 0.05) is 11.3 Å². The van der Waals surface area contributed by atoms with Gasteiger partial charge in [-0.25, -0.2) is 13.3 Å². The Bertz CT molecular complexity index is 977. The van der Waals surface area contributed by atoms with E-state index in [-0.39, 0.29) is 5.69 Å². The van der Waals surface area contributed by atoms with E-state index in [4.69, 9.17) is 0 Å². The van der Waals surface area contributed by atoms with Crippen molar-refractivity contribution in [3.05, 3.63) is 71.4 Å². The van der Waals surface area contributed by atoms with Gasteiger partial charge in [-0.3, -0.25) is 0 Å². The first-order chi connectivity index (χ1) is 12.9. The molecule has 0 aliphatic rings. The second kappa shape index (κ2) is 7.90. The molecule has 2 aromatic carbocycles. The van der Waals surface area contributed by atoms with Gasteiger partial charge in [-0.2, -0.15) is 0 Å². The van der Waals surface area contributed by atoms with Gasteiger partial charge < -0.3 is 10.1 Å². The lowest BCUT2D eigenvalue weighted by atomic mass is 9.98. The predicted molar refractivity (Wildman–Crippen MR) is 109 cm³/mol. The van der Waals surface area contributed by atoms with Crippen LogP contribution >= 0.6 is 0 Å². The fourth-order valence-electron chi connectivity index (χ4n) is 3.05. The summed E-state index contributed by atoms with van der Waals surface area (Å²) in [6.45, 7) is 1.93. The second-order valence-electron chi connectivity index (χ2n) is 6.52. The number of carbonyl (C=O) groups is 1. The van der Waals surface area contributed by atoms with Gasteiger partial charge in [-0.1, -0.05) is 54.6 Å². The minimum absolute atomic E-state index is 0.177. The molecule has 0 saturated carbocycles. The first-order valence-electron chi connectivity index (χ1n) is 8.55. The maximum Gasteiger partial charge on any atom is 0.352 e. The second-order valence-corrected chi connectivity index (χ2v) is 8.18. The molecular formula is C21H22N2O3S. The Balaban J connectivity index is 2.02. The number of benzene rings is 2. The molecule has 0 aliphatic heterocycles. The average Bonchev–Trinajstić information content (AvgIpc) is 3.00. The third-order valence-corrected chi connectivity index (χ3v) is 5.86. The standard InChI is InChI=1S/C21H22N2O3S/c1-14-18(16-11-9-15(10-12-16)13-27(26)23(2)3)20(21(24)25)22-19(14)17-7-5-4-6-8-17/h4-12,22H,13H2,1-3H3,(H,24,25). The maximum atomic E-state index is 12.0. The van der Waals surface area contributed by atoms with Crippen molar-refractivity contribution in [2.45, 2.75) is 12.7 Å². The number of rotatable bonds is 6. The quantitative estimate of drug-likeness (QED) is 0.675. The normalized spacial score (nSPS) is 12.3. The molecule has 3 rings (SSSR count). The van der Waals surface area contributed by atoms with Crippen molar-refractivity contribution in [1.82, 2.24) is 9.29 Å². The predicted octanol–water partition coefficient (Wildman–Crippen LogP) is 4.08. The van der Waals surface area contributed by atoms with E-state index >= 15 is 0 Å². The molecule has 140 valence electrons. The number of aromatic nitrogens is 1. The minimum Gasteiger partial charge on any atom is -0.477 e. The molecular weight excluding hydrogens is 360 g/mol. The van der Waals surface area contributed by atoms with Crippen LogP contribution in [-0.2, 0) is 16.7 Å². The number of carboxylic acids is 1. The van der Waals surface area contributed by atoms with E-state index < -0.39 is 17.0 Å². The highest BCUT2D eigenvalue weighted by Gasteiger charge is 2.21.